The van der Waals surface area contributed by atoms with Gasteiger partial charge in [-0.05, 0) is 52.5 Å². The van der Waals surface area contributed by atoms with Crippen molar-refractivity contribution in [3.05, 3.63) is 24.3 Å². The Labute approximate surface area is 159 Å². The van der Waals surface area contributed by atoms with Gasteiger partial charge in [0.05, 0.1) is 13.2 Å². The molecular formula is C18H34O6Si2. The van der Waals surface area contributed by atoms with Crippen molar-refractivity contribution in [1.82, 2.24) is 0 Å². The summed E-state index contributed by atoms with van der Waals surface area (Å²) in [6.07, 6.45) is 1.39. The van der Waals surface area contributed by atoms with Crippen molar-refractivity contribution in [3.8, 4) is 0 Å². The van der Waals surface area contributed by atoms with E-state index >= 15 is 0 Å². The van der Waals surface area contributed by atoms with E-state index in [-0.39, 0.29) is 11.9 Å². The summed E-state index contributed by atoms with van der Waals surface area (Å²) in [6, 6.07) is 0.881. The van der Waals surface area contributed by atoms with Gasteiger partial charge in [-0.1, -0.05) is 13.2 Å². The fourth-order valence-electron chi connectivity index (χ4n) is 2.20. The van der Waals surface area contributed by atoms with Crippen LogP contribution < -0.4 is 0 Å². The van der Waals surface area contributed by atoms with Gasteiger partial charge in [0.15, 0.2) is 8.32 Å². The number of hydrogen-bond donors (Lipinski definition) is 0. The zero-order valence-electron chi connectivity index (χ0n) is 17.1. The maximum absolute atomic E-state index is 11.4. The maximum Gasteiger partial charge on any atom is 0.333 e. The third kappa shape index (κ3) is 12.2. The van der Waals surface area contributed by atoms with E-state index < -0.39 is 16.9 Å². The van der Waals surface area contributed by atoms with E-state index in [0.29, 0.717) is 37.4 Å². The summed E-state index contributed by atoms with van der Waals surface area (Å²) in [7, 11) is -4.17. The van der Waals surface area contributed by atoms with E-state index in [0.717, 1.165) is 12.5 Å². The number of esters is 2. The van der Waals surface area contributed by atoms with Crippen LogP contribution >= 0.6 is 0 Å². The first-order valence-corrected chi connectivity index (χ1v) is 14.8. The average Bonchev–Trinajstić information content (AvgIpc) is 2.49. The topological polar surface area (TPSA) is 71.1 Å². The van der Waals surface area contributed by atoms with Crippen molar-refractivity contribution >= 4 is 28.8 Å². The predicted octanol–water partition coefficient (Wildman–Crippen LogP) is 3.95. The Bertz CT molecular complexity index is 514. The zero-order valence-corrected chi connectivity index (χ0v) is 19.1. The van der Waals surface area contributed by atoms with Crippen LogP contribution in [0.5, 0.6) is 0 Å². The van der Waals surface area contributed by atoms with Gasteiger partial charge in [-0.2, -0.15) is 0 Å². The fourth-order valence-corrected chi connectivity index (χ4v) is 9.80. The normalized spacial score (nSPS) is 11.8. The van der Waals surface area contributed by atoms with Crippen LogP contribution in [0.15, 0.2) is 24.3 Å². The van der Waals surface area contributed by atoms with Gasteiger partial charge in [-0.15, -0.1) is 0 Å². The van der Waals surface area contributed by atoms with E-state index in [4.69, 9.17) is 18.0 Å². The van der Waals surface area contributed by atoms with Crippen LogP contribution in [0.3, 0.4) is 0 Å². The molecule has 0 rings (SSSR count). The molecule has 0 fully saturated rings. The number of ether oxygens (including phenoxy) is 2. The largest absolute Gasteiger partial charge is 0.462 e. The molecule has 0 aliphatic carbocycles. The molecule has 0 aliphatic heterocycles. The third-order valence-electron chi connectivity index (χ3n) is 3.35. The summed E-state index contributed by atoms with van der Waals surface area (Å²) in [6.45, 7) is 19.8. The van der Waals surface area contributed by atoms with Gasteiger partial charge in [0.2, 0.25) is 0 Å². The molecule has 0 bridgehead atoms. The second-order valence-electron chi connectivity index (χ2n) is 7.40. The number of rotatable bonds is 13. The summed E-state index contributed by atoms with van der Waals surface area (Å²) in [5, 5.41) is 0. The molecule has 0 aromatic heterocycles. The minimum absolute atomic E-state index is 0.311. The molecule has 150 valence electrons. The van der Waals surface area contributed by atoms with Crippen LogP contribution in [0.2, 0.25) is 32.2 Å². The lowest BCUT2D eigenvalue weighted by Gasteiger charge is -2.33. The molecule has 0 heterocycles. The van der Waals surface area contributed by atoms with Gasteiger partial charge in [0.25, 0.3) is 0 Å². The van der Waals surface area contributed by atoms with Crippen LogP contribution in [-0.2, 0) is 27.6 Å². The van der Waals surface area contributed by atoms with Crippen LogP contribution in [-0.4, -0.2) is 48.6 Å². The van der Waals surface area contributed by atoms with Crippen molar-refractivity contribution < 1.29 is 27.6 Å². The Balaban J connectivity index is 4.08. The van der Waals surface area contributed by atoms with Crippen molar-refractivity contribution in [2.75, 3.05) is 19.8 Å². The molecule has 0 aliphatic rings. The summed E-state index contributed by atoms with van der Waals surface area (Å²) < 4.78 is 22.4. The van der Waals surface area contributed by atoms with Crippen molar-refractivity contribution in [2.45, 2.75) is 58.9 Å². The van der Waals surface area contributed by atoms with E-state index in [1.165, 1.54) is 0 Å². The SMILES string of the molecule is C=C(C)C(=O)OCCCO[Si](C)(C)O[Si](C)(C)CCCOC(=O)C(=C)C. The lowest BCUT2D eigenvalue weighted by Crippen LogP contribution is -2.46. The molecule has 8 heteroatoms. The Hall–Kier alpha value is -1.23. The zero-order chi connectivity index (χ0) is 20.4. The standard InChI is InChI=1S/C18H34O6Si2/c1-15(2)17(19)21-11-9-13-23-26(7,8)24-25(5,6)14-10-12-22-18(20)16(3)4/h1,3,9-14H2,2,4-8H3. The Kier molecular flexibility index (Phi) is 10.9. The Morgan fingerprint density at radius 3 is 1.73 bits per heavy atom. The van der Waals surface area contributed by atoms with Crippen molar-refractivity contribution in [3.63, 3.8) is 0 Å². The Morgan fingerprint density at radius 1 is 0.808 bits per heavy atom. The second kappa shape index (κ2) is 11.5. The Morgan fingerprint density at radius 2 is 1.27 bits per heavy atom. The minimum Gasteiger partial charge on any atom is -0.462 e. The molecule has 6 nitrogen and oxygen atoms in total. The number of hydrogen-bond acceptors (Lipinski definition) is 6. The van der Waals surface area contributed by atoms with E-state index in [1.807, 2.05) is 13.1 Å². The molecule has 0 N–H and O–H groups in total. The maximum atomic E-state index is 11.4. The molecule has 0 unspecified atom stereocenters. The predicted molar refractivity (Wildman–Crippen MR) is 108 cm³/mol. The van der Waals surface area contributed by atoms with Crippen LogP contribution in [0.25, 0.3) is 0 Å². The van der Waals surface area contributed by atoms with Crippen LogP contribution in [0.1, 0.15) is 26.7 Å². The summed E-state index contributed by atoms with van der Waals surface area (Å²) in [5.74, 6) is -0.727. The first kappa shape index (κ1) is 24.8. The van der Waals surface area contributed by atoms with Gasteiger partial charge in [0, 0.05) is 24.2 Å². The fraction of sp³-hybridized carbons (Fsp3) is 0.667. The molecule has 0 spiro atoms. The van der Waals surface area contributed by atoms with Gasteiger partial charge in [-0.3, -0.25) is 0 Å². The molecular weight excluding hydrogens is 368 g/mol. The molecule has 26 heavy (non-hydrogen) atoms. The highest BCUT2D eigenvalue weighted by Crippen LogP contribution is 2.21. The second-order valence-corrected chi connectivity index (χ2v) is 15.3. The molecule has 0 atom stereocenters. The summed E-state index contributed by atoms with van der Waals surface area (Å²) in [5.41, 5.74) is 0.805. The molecule has 0 aromatic carbocycles. The highest BCUT2D eigenvalue weighted by Gasteiger charge is 2.34. The summed E-state index contributed by atoms with van der Waals surface area (Å²) in [4.78, 5) is 22.6. The van der Waals surface area contributed by atoms with Gasteiger partial charge in [0.1, 0.15) is 0 Å². The van der Waals surface area contributed by atoms with Crippen LogP contribution in [0, 0.1) is 0 Å². The average molecular weight is 403 g/mol. The lowest BCUT2D eigenvalue weighted by atomic mass is 10.4. The first-order valence-electron chi connectivity index (χ1n) is 8.86. The highest BCUT2D eigenvalue weighted by atomic mass is 28.4. The third-order valence-corrected chi connectivity index (χ3v) is 9.98. The smallest absolute Gasteiger partial charge is 0.333 e. The lowest BCUT2D eigenvalue weighted by molar-refractivity contribution is -0.140. The van der Waals surface area contributed by atoms with E-state index in [1.54, 1.807) is 13.8 Å². The van der Waals surface area contributed by atoms with Crippen molar-refractivity contribution in [1.29, 1.82) is 0 Å². The molecule has 0 saturated carbocycles. The van der Waals surface area contributed by atoms with Crippen LogP contribution in [0.4, 0.5) is 0 Å². The minimum atomic E-state index is -2.26. The van der Waals surface area contributed by atoms with Gasteiger partial charge < -0.3 is 18.0 Å². The highest BCUT2D eigenvalue weighted by molar-refractivity contribution is 6.82. The van der Waals surface area contributed by atoms with Gasteiger partial charge >= 0.3 is 20.5 Å². The number of carbonyl (C=O) groups excluding carboxylic acids is 2. The molecule has 0 amide bonds. The van der Waals surface area contributed by atoms with E-state index in [9.17, 15) is 9.59 Å². The quantitative estimate of drug-likeness (QED) is 0.201. The molecule has 0 radical (unpaired) electrons. The van der Waals surface area contributed by atoms with Crippen molar-refractivity contribution in [2.24, 2.45) is 0 Å². The monoisotopic (exact) mass is 402 g/mol. The first-order chi connectivity index (χ1) is 11.9. The number of carbonyl (C=O) groups is 2. The summed E-state index contributed by atoms with van der Waals surface area (Å²) >= 11 is 0. The van der Waals surface area contributed by atoms with Gasteiger partial charge in [-0.25, -0.2) is 9.59 Å². The van der Waals surface area contributed by atoms with E-state index in [2.05, 4.69) is 26.3 Å². The molecule has 0 aromatic rings. The molecule has 0 saturated heterocycles.